The van der Waals surface area contributed by atoms with Gasteiger partial charge in [-0.3, -0.25) is 0 Å². The number of nitrogens with zero attached hydrogens (tertiary/aromatic N) is 3. The summed E-state index contributed by atoms with van der Waals surface area (Å²) in [5.41, 5.74) is 1.31. The molecule has 6 heteroatoms. The summed E-state index contributed by atoms with van der Waals surface area (Å²) in [7, 11) is 2.07. The molecule has 0 aliphatic heterocycles. The van der Waals surface area contributed by atoms with Crippen LogP contribution in [0.2, 0.25) is 0 Å². The summed E-state index contributed by atoms with van der Waals surface area (Å²) >= 11 is 1.70. The van der Waals surface area contributed by atoms with E-state index in [9.17, 15) is 0 Å². The normalized spacial score (nSPS) is 10.2. The van der Waals surface area contributed by atoms with E-state index in [2.05, 4.69) is 45.2 Å². The minimum atomic E-state index is 0. The Kier molecular flexibility index (Phi) is 7.55. The summed E-state index contributed by atoms with van der Waals surface area (Å²) in [5, 5.41) is 4.30. The lowest BCUT2D eigenvalue weighted by atomic mass is 10.4. The first-order valence-electron chi connectivity index (χ1n) is 6.07. The number of hydrogen-bond donors (Lipinski definition) is 1. The van der Waals surface area contributed by atoms with Gasteiger partial charge in [0.1, 0.15) is 0 Å². The highest BCUT2D eigenvalue weighted by molar-refractivity contribution is 7.99. The number of aromatic nitrogens is 3. The van der Waals surface area contributed by atoms with Crippen molar-refractivity contribution in [2.45, 2.75) is 18.1 Å². The van der Waals surface area contributed by atoms with E-state index in [1.165, 1.54) is 5.69 Å². The quantitative estimate of drug-likeness (QED) is 0.408. The van der Waals surface area contributed by atoms with Crippen molar-refractivity contribution in [1.29, 1.82) is 0 Å². The molecule has 0 amide bonds. The maximum Gasteiger partial charge on any atom is 0.187 e. The molecule has 19 heavy (non-hydrogen) atoms. The first kappa shape index (κ1) is 16.0. The zero-order chi connectivity index (χ0) is 12.6. The van der Waals surface area contributed by atoms with E-state index in [-0.39, 0.29) is 12.4 Å². The first-order valence-corrected chi connectivity index (χ1v) is 7.05. The van der Waals surface area contributed by atoms with Gasteiger partial charge in [-0.25, -0.2) is 9.97 Å². The van der Waals surface area contributed by atoms with Crippen LogP contribution in [0.15, 0.2) is 41.9 Å². The van der Waals surface area contributed by atoms with Crippen LogP contribution in [0.3, 0.4) is 0 Å². The monoisotopic (exact) mass is 297 g/mol. The van der Waals surface area contributed by atoms with Gasteiger partial charge in [0, 0.05) is 43.6 Å². The van der Waals surface area contributed by atoms with E-state index in [4.69, 9.17) is 0 Å². The summed E-state index contributed by atoms with van der Waals surface area (Å²) in [6, 6.07) is 6.05. The molecule has 0 unspecified atom stereocenters. The summed E-state index contributed by atoms with van der Waals surface area (Å²) in [4.78, 5) is 8.35. The number of halogens is 1. The lowest BCUT2D eigenvalue weighted by Crippen LogP contribution is -3.00. The molecule has 0 saturated heterocycles. The Morgan fingerprint density at radius 1 is 1.26 bits per heavy atom. The molecule has 0 atom stereocenters. The smallest absolute Gasteiger partial charge is 0.187 e. The summed E-state index contributed by atoms with van der Waals surface area (Å²) in [5.74, 6) is 1.05. The molecule has 4 nitrogen and oxygen atoms in total. The van der Waals surface area contributed by atoms with Crippen molar-refractivity contribution < 1.29 is 12.4 Å². The van der Waals surface area contributed by atoms with Crippen LogP contribution in [0.1, 0.15) is 12.1 Å². The van der Waals surface area contributed by atoms with Crippen LogP contribution in [0.25, 0.3) is 0 Å². The maximum atomic E-state index is 4.18. The molecule has 0 aromatic carbocycles. The average Bonchev–Trinajstić information content (AvgIpc) is 2.81. The minimum absolute atomic E-state index is 0. The number of rotatable bonds is 7. The van der Waals surface area contributed by atoms with Crippen molar-refractivity contribution >= 4 is 11.8 Å². The van der Waals surface area contributed by atoms with Crippen LogP contribution in [-0.2, 0) is 13.6 Å². The molecule has 0 aliphatic carbocycles. The Hall–Kier alpha value is -1.04. The van der Waals surface area contributed by atoms with E-state index in [1.807, 2.05) is 6.07 Å². The first-order chi connectivity index (χ1) is 8.86. The van der Waals surface area contributed by atoms with E-state index in [1.54, 1.807) is 24.2 Å². The van der Waals surface area contributed by atoms with Crippen LogP contribution in [-0.4, -0.2) is 26.8 Å². The van der Waals surface area contributed by atoms with Gasteiger partial charge < -0.3 is 22.3 Å². The van der Waals surface area contributed by atoms with E-state index >= 15 is 0 Å². The van der Waals surface area contributed by atoms with Crippen molar-refractivity contribution in [2.75, 3.05) is 12.3 Å². The van der Waals surface area contributed by atoms with Crippen LogP contribution < -0.4 is 17.7 Å². The molecular formula is C13H18ClN4S-. The fourth-order valence-corrected chi connectivity index (χ4v) is 2.36. The number of nitrogens with one attached hydrogen (secondary N) is 1. The van der Waals surface area contributed by atoms with Crippen LogP contribution in [0, 0.1) is 0 Å². The molecule has 2 aromatic rings. The lowest BCUT2D eigenvalue weighted by Gasteiger charge is -2.05. The van der Waals surface area contributed by atoms with Crippen molar-refractivity contribution in [1.82, 2.24) is 19.9 Å². The lowest BCUT2D eigenvalue weighted by molar-refractivity contribution is -0.00000387. The highest BCUT2D eigenvalue weighted by Crippen LogP contribution is 2.11. The maximum absolute atomic E-state index is 4.18. The third kappa shape index (κ3) is 5.63. The van der Waals surface area contributed by atoms with Gasteiger partial charge >= 0.3 is 0 Å². The molecule has 2 heterocycles. The number of aryl methyl sites for hydroxylation is 1. The van der Waals surface area contributed by atoms with Gasteiger partial charge in [-0.1, -0.05) is 11.8 Å². The van der Waals surface area contributed by atoms with Gasteiger partial charge in [0.25, 0.3) is 0 Å². The van der Waals surface area contributed by atoms with Crippen LogP contribution in [0.5, 0.6) is 0 Å². The van der Waals surface area contributed by atoms with Gasteiger partial charge in [-0.2, -0.15) is 0 Å². The van der Waals surface area contributed by atoms with Gasteiger partial charge in [0.2, 0.25) is 0 Å². The van der Waals surface area contributed by atoms with Crippen molar-refractivity contribution in [3.63, 3.8) is 0 Å². The Bertz CT molecular complexity index is 461. The van der Waals surface area contributed by atoms with Crippen molar-refractivity contribution in [2.24, 2.45) is 7.05 Å². The standard InChI is InChI=1S/C13H18N4S.ClH/c1-17-9-2-5-12(17)11-14-6-4-10-18-13-15-7-3-8-16-13;/h2-3,5,7-9,14H,4,6,10-11H2,1H3;1H/p-1. The zero-order valence-corrected chi connectivity index (χ0v) is 12.5. The Labute approximate surface area is 124 Å². The molecule has 0 spiro atoms. The van der Waals surface area contributed by atoms with Gasteiger partial charge in [-0.05, 0) is 31.2 Å². The molecule has 1 N–H and O–H groups in total. The summed E-state index contributed by atoms with van der Waals surface area (Å²) in [6.45, 7) is 1.95. The molecule has 0 saturated carbocycles. The average molecular weight is 298 g/mol. The Morgan fingerprint density at radius 2 is 2.05 bits per heavy atom. The fourth-order valence-electron chi connectivity index (χ4n) is 1.62. The molecule has 2 rings (SSSR count). The largest absolute Gasteiger partial charge is 1.00 e. The molecule has 0 aliphatic rings. The zero-order valence-electron chi connectivity index (χ0n) is 10.9. The van der Waals surface area contributed by atoms with Crippen molar-refractivity contribution in [3.8, 4) is 0 Å². The minimum Gasteiger partial charge on any atom is -1.00 e. The van der Waals surface area contributed by atoms with E-state index in [0.29, 0.717) is 0 Å². The topological polar surface area (TPSA) is 42.7 Å². The summed E-state index contributed by atoms with van der Waals surface area (Å²) in [6.07, 6.45) is 6.75. The van der Waals surface area contributed by atoms with E-state index in [0.717, 1.165) is 30.4 Å². The fraction of sp³-hybridized carbons (Fsp3) is 0.385. The van der Waals surface area contributed by atoms with Gasteiger partial charge in [0.05, 0.1) is 0 Å². The SMILES string of the molecule is Cn1cccc1CNCCCSc1ncccn1.[Cl-]. The second-order valence-corrected chi connectivity index (χ2v) is 5.08. The second-order valence-electron chi connectivity index (χ2n) is 4.02. The molecule has 104 valence electrons. The number of thioether (sulfide) groups is 1. The molecule has 0 fully saturated rings. The van der Waals surface area contributed by atoms with Crippen LogP contribution >= 0.6 is 11.8 Å². The van der Waals surface area contributed by atoms with E-state index < -0.39 is 0 Å². The predicted molar refractivity (Wildman–Crippen MR) is 74.5 cm³/mol. The van der Waals surface area contributed by atoms with Crippen molar-refractivity contribution in [3.05, 3.63) is 42.5 Å². The molecule has 0 radical (unpaired) electrons. The Balaban J connectivity index is 0.00000180. The third-order valence-corrected chi connectivity index (χ3v) is 3.59. The third-order valence-electron chi connectivity index (χ3n) is 2.63. The number of hydrogen-bond acceptors (Lipinski definition) is 4. The highest BCUT2D eigenvalue weighted by Gasteiger charge is 1.97. The van der Waals surface area contributed by atoms with Crippen LogP contribution in [0.4, 0.5) is 0 Å². The predicted octanol–water partition coefficient (Wildman–Crippen LogP) is -0.909. The molecule has 2 aromatic heterocycles. The Morgan fingerprint density at radius 3 is 2.74 bits per heavy atom. The van der Waals surface area contributed by atoms with Gasteiger partial charge in [0.15, 0.2) is 5.16 Å². The summed E-state index contributed by atoms with van der Waals surface area (Å²) < 4.78 is 2.14. The second kappa shape index (κ2) is 8.96. The molecular weight excluding hydrogens is 280 g/mol. The highest BCUT2D eigenvalue weighted by atomic mass is 35.5. The molecule has 0 bridgehead atoms. The van der Waals surface area contributed by atoms with Gasteiger partial charge in [-0.15, -0.1) is 0 Å².